The quantitative estimate of drug-likeness (QED) is 0.880. The van der Waals surface area contributed by atoms with Gasteiger partial charge in [-0.3, -0.25) is 0 Å². The molecular formula is C17H23NO. The van der Waals surface area contributed by atoms with Gasteiger partial charge in [-0.05, 0) is 57.4 Å². The Morgan fingerprint density at radius 2 is 1.74 bits per heavy atom. The largest absolute Gasteiger partial charge is 0.466 e. The van der Waals surface area contributed by atoms with E-state index in [0.717, 1.165) is 18.1 Å². The summed E-state index contributed by atoms with van der Waals surface area (Å²) in [6.45, 7) is 11.4. The van der Waals surface area contributed by atoms with Gasteiger partial charge in [-0.1, -0.05) is 18.2 Å². The van der Waals surface area contributed by atoms with E-state index < -0.39 is 0 Å². The molecule has 1 aromatic heterocycles. The van der Waals surface area contributed by atoms with E-state index in [4.69, 9.17) is 4.42 Å². The molecule has 0 aliphatic carbocycles. The van der Waals surface area contributed by atoms with Gasteiger partial charge in [-0.15, -0.1) is 0 Å². The molecule has 0 saturated carbocycles. The molecule has 2 nitrogen and oxygen atoms in total. The van der Waals surface area contributed by atoms with E-state index in [2.05, 4.69) is 50.4 Å². The third-order valence-electron chi connectivity index (χ3n) is 3.78. The van der Waals surface area contributed by atoms with E-state index in [1.807, 2.05) is 13.8 Å². The van der Waals surface area contributed by atoms with E-state index >= 15 is 0 Å². The van der Waals surface area contributed by atoms with Gasteiger partial charge in [-0.25, -0.2) is 0 Å². The molecule has 2 aromatic rings. The summed E-state index contributed by atoms with van der Waals surface area (Å²) in [5.41, 5.74) is 5.34. The molecule has 2 rings (SSSR count). The van der Waals surface area contributed by atoms with Crippen molar-refractivity contribution in [2.75, 3.05) is 0 Å². The average Bonchev–Trinajstić information content (AvgIpc) is 2.67. The van der Waals surface area contributed by atoms with Crippen LogP contribution in [-0.4, -0.2) is 0 Å². The van der Waals surface area contributed by atoms with Crippen LogP contribution >= 0.6 is 0 Å². The Morgan fingerprint density at radius 1 is 1.11 bits per heavy atom. The van der Waals surface area contributed by atoms with Gasteiger partial charge < -0.3 is 9.73 Å². The first kappa shape index (κ1) is 13.9. The molecule has 0 bridgehead atoms. The van der Waals surface area contributed by atoms with E-state index in [1.165, 1.54) is 22.3 Å². The molecule has 19 heavy (non-hydrogen) atoms. The van der Waals surface area contributed by atoms with Gasteiger partial charge in [0, 0.05) is 18.2 Å². The molecule has 0 amide bonds. The molecular weight excluding hydrogens is 234 g/mol. The predicted molar refractivity (Wildman–Crippen MR) is 79.4 cm³/mol. The monoisotopic (exact) mass is 257 g/mol. The second-order valence-corrected chi connectivity index (χ2v) is 5.34. The third-order valence-corrected chi connectivity index (χ3v) is 3.78. The molecule has 1 unspecified atom stereocenters. The van der Waals surface area contributed by atoms with Gasteiger partial charge in [0.15, 0.2) is 0 Å². The first-order valence-electron chi connectivity index (χ1n) is 6.84. The first-order chi connectivity index (χ1) is 8.99. The Hall–Kier alpha value is -1.54. The van der Waals surface area contributed by atoms with Crippen LogP contribution in [0.5, 0.6) is 0 Å². The van der Waals surface area contributed by atoms with Crippen LogP contribution in [0.2, 0.25) is 0 Å². The van der Waals surface area contributed by atoms with Crippen LogP contribution in [-0.2, 0) is 6.54 Å². The topological polar surface area (TPSA) is 25.2 Å². The minimum atomic E-state index is 0.302. The second-order valence-electron chi connectivity index (χ2n) is 5.34. The van der Waals surface area contributed by atoms with Gasteiger partial charge in [0.1, 0.15) is 11.5 Å². The Labute approximate surface area is 115 Å². The molecule has 0 radical (unpaired) electrons. The molecule has 0 spiro atoms. The third kappa shape index (κ3) is 3.07. The molecule has 102 valence electrons. The van der Waals surface area contributed by atoms with Crippen molar-refractivity contribution in [3.63, 3.8) is 0 Å². The maximum absolute atomic E-state index is 5.60. The number of hydrogen-bond donors (Lipinski definition) is 1. The summed E-state index contributed by atoms with van der Waals surface area (Å²) in [5, 5.41) is 3.59. The number of nitrogens with one attached hydrogen (secondary N) is 1. The molecule has 1 aromatic carbocycles. The Balaban J connectivity index is 2.08. The number of rotatable bonds is 4. The highest BCUT2D eigenvalue weighted by molar-refractivity contribution is 5.33. The SMILES string of the molecule is Cc1cc(C(C)NCc2c(C)cccc2C)c(C)o1. The van der Waals surface area contributed by atoms with Crippen LogP contribution in [0.1, 0.15) is 46.7 Å². The number of furan rings is 1. The van der Waals surface area contributed by atoms with E-state index in [1.54, 1.807) is 0 Å². The van der Waals surface area contributed by atoms with Crippen molar-refractivity contribution in [1.82, 2.24) is 5.32 Å². The summed E-state index contributed by atoms with van der Waals surface area (Å²) < 4.78 is 5.60. The van der Waals surface area contributed by atoms with Crippen molar-refractivity contribution in [3.05, 3.63) is 58.0 Å². The minimum absolute atomic E-state index is 0.302. The van der Waals surface area contributed by atoms with Gasteiger partial charge >= 0.3 is 0 Å². The Morgan fingerprint density at radius 3 is 2.26 bits per heavy atom. The van der Waals surface area contributed by atoms with Crippen LogP contribution in [0.3, 0.4) is 0 Å². The lowest BCUT2D eigenvalue weighted by Crippen LogP contribution is -2.19. The van der Waals surface area contributed by atoms with Crippen LogP contribution in [0.15, 0.2) is 28.7 Å². The first-order valence-corrected chi connectivity index (χ1v) is 6.84. The zero-order valence-corrected chi connectivity index (χ0v) is 12.5. The normalized spacial score (nSPS) is 12.7. The highest BCUT2D eigenvalue weighted by Crippen LogP contribution is 2.22. The van der Waals surface area contributed by atoms with Gasteiger partial charge in [0.05, 0.1) is 0 Å². The molecule has 0 aliphatic rings. The van der Waals surface area contributed by atoms with Crippen molar-refractivity contribution < 1.29 is 4.42 Å². The van der Waals surface area contributed by atoms with Crippen LogP contribution in [0.25, 0.3) is 0 Å². The fourth-order valence-electron chi connectivity index (χ4n) is 2.57. The van der Waals surface area contributed by atoms with Crippen LogP contribution in [0.4, 0.5) is 0 Å². The summed E-state index contributed by atoms with van der Waals surface area (Å²) in [6.07, 6.45) is 0. The number of benzene rings is 1. The van der Waals surface area contributed by atoms with Gasteiger partial charge in [0.2, 0.25) is 0 Å². The van der Waals surface area contributed by atoms with Crippen molar-refractivity contribution in [2.45, 2.75) is 47.2 Å². The zero-order chi connectivity index (χ0) is 14.0. The smallest absolute Gasteiger partial charge is 0.105 e. The van der Waals surface area contributed by atoms with E-state index in [9.17, 15) is 0 Å². The van der Waals surface area contributed by atoms with Crippen LogP contribution < -0.4 is 5.32 Å². The lowest BCUT2D eigenvalue weighted by Gasteiger charge is -2.16. The van der Waals surface area contributed by atoms with Gasteiger partial charge in [-0.2, -0.15) is 0 Å². The highest BCUT2D eigenvalue weighted by atomic mass is 16.3. The molecule has 1 heterocycles. The molecule has 0 fully saturated rings. The lowest BCUT2D eigenvalue weighted by atomic mass is 10.0. The fraction of sp³-hybridized carbons (Fsp3) is 0.412. The van der Waals surface area contributed by atoms with Crippen molar-refractivity contribution in [3.8, 4) is 0 Å². The van der Waals surface area contributed by atoms with E-state index in [-0.39, 0.29) is 0 Å². The Kier molecular flexibility index (Phi) is 4.11. The maximum atomic E-state index is 5.60. The fourth-order valence-corrected chi connectivity index (χ4v) is 2.57. The molecule has 2 heteroatoms. The van der Waals surface area contributed by atoms with Gasteiger partial charge in [0.25, 0.3) is 0 Å². The van der Waals surface area contributed by atoms with Crippen LogP contribution in [0, 0.1) is 27.7 Å². The molecule has 1 N–H and O–H groups in total. The van der Waals surface area contributed by atoms with Crippen molar-refractivity contribution in [2.24, 2.45) is 0 Å². The lowest BCUT2D eigenvalue weighted by molar-refractivity contribution is 0.489. The minimum Gasteiger partial charge on any atom is -0.466 e. The molecule has 1 atom stereocenters. The summed E-state index contributed by atoms with van der Waals surface area (Å²) in [6, 6.07) is 8.87. The van der Waals surface area contributed by atoms with Crippen molar-refractivity contribution >= 4 is 0 Å². The zero-order valence-electron chi connectivity index (χ0n) is 12.5. The summed E-state index contributed by atoms with van der Waals surface area (Å²) in [5.74, 6) is 1.99. The second kappa shape index (κ2) is 5.62. The predicted octanol–water partition coefficient (Wildman–Crippen LogP) is 4.36. The summed E-state index contributed by atoms with van der Waals surface area (Å²) in [4.78, 5) is 0. The summed E-state index contributed by atoms with van der Waals surface area (Å²) >= 11 is 0. The number of aryl methyl sites for hydroxylation is 4. The number of hydrogen-bond acceptors (Lipinski definition) is 2. The summed E-state index contributed by atoms with van der Waals surface area (Å²) in [7, 11) is 0. The van der Waals surface area contributed by atoms with Crippen molar-refractivity contribution in [1.29, 1.82) is 0 Å². The van der Waals surface area contributed by atoms with E-state index in [0.29, 0.717) is 6.04 Å². The highest BCUT2D eigenvalue weighted by Gasteiger charge is 2.12. The maximum Gasteiger partial charge on any atom is 0.105 e. The standard InChI is InChI=1S/C17H23NO/c1-11-7-6-8-12(2)17(11)10-18-14(4)16-9-13(3)19-15(16)5/h6-9,14,18H,10H2,1-5H3. The molecule has 0 saturated heterocycles. The Bertz CT molecular complexity index is 548. The average molecular weight is 257 g/mol. The molecule has 0 aliphatic heterocycles.